The fourth-order valence-corrected chi connectivity index (χ4v) is 4.42. The third-order valence-corrected chi connectivity index (χ3v) is 6.23. The first-order valence-electron chi connectivity index (χ1n) is 8.39. The van der Waals surface area contributed by atoms with Gasteiger partial charge in [-0.2, -0.15) is 4.31 Å². The van der Waals surface area contributed by atoms with E-state index < -0.39 is 15.8 Å². The Balaban J connectivity index is 1.55. The van der Waals surface area contributed by atoms with Gasteiger partial charge >= 0.3 is 0 Å². The number of para-hydroxylation sites is 1. The maximum absolute atomic E-state index is 13.3. The molecule has 0 spiro atoms. The molecule has 0 unspecified atom stereocenters. The summed E-state index contributed by atoms with van der Waals surface area (Å²) < 4.78 is 39.8. The number of carbonyl (C=O) groups is 1. The molecule has 0 aromatic heterocycles. The van der Waals surface area contributed by atoms with Crippen LogP contribution in [-0.4, -0.2) is 51.4 Å². The molecule has 0 atom stereocenters. The van der Waals surface area contributed by atoms with Gasteiger partial charge in [0.25, 0.3) is 5.91 Å². The van der Waals surface area contributed by atoms with Crippen molar-refractivity contribution in [1.82, 2.24) is 4.31 Å². The van der Waals surface area contributed by atoms with Crippen molar-refractivity contribution in [2.75, 3.05) is 38.0 Å². The van der Waals surface area contributed by atoms with Crippen molar-refractivity contribution in [2.45, 2.75) is 4.90 Å². The molecule has 1 aliphatic heterocycles. The summed E-state index contributed by atoms with van der Waals surface area (Å²) in [7, 11) is -3.71. The molecule has 1 amide bonds. The molecule has 0 aliphatic carbocycles. The number of rotatable bonds is 5. The Hall–Kier alpha value is -2.29. The Morgan fingerprint density at radius 3 is 2.42 bits per heavy atom. The maximum Gasteiger partial charge on any atom is 0.279 e. The monoisotopic (exact) mass is 378 g/mol. The molecule has 0 bridgehead atoms. The van der Waals surface area contributed by atoms with E-state index in [1.807, 2.05) is 30.3 Å². The lowest BCUT2D eigenvalue weighted by Gasteiger charge is -2.31. The van der Waals surface area contributed by atoms with E-state index >= 15 is 0 Å². The number of hydrogen-bond donors (Lipinski definition) is 2. The fourth-order valence-electron chi connectivity index (χ4n) is 2.95. The van der Waals surface area contributed by atoms with Crippen molar-refractivity contribution in [3.05, 3.63) is 60.4 Å². The number of piperazine rings is 1. The zero-order valence-corrected chi connectivity index (χ0v) is 15.0. The number of amides is 1. The van der Waals surface area contributed by atoms with Crippen LogP contribution in [0.5, 0.6) is 0 Å². The van der Waals surface area contributed by atoms with E-state index in [1.165, 1.54) is 22.5 Å². The van der Waals surface area contributed by atoms with Gasteiger partial charge < -0.3 is 10.2 Å². The number of nitrogens with zero attached hydrogens (tertiary/aromatic N) is 1. The van der Waals surface area contributed by atoms with Gasteiger partial charge in [-0.15, -0.1) is 0 Å². The predicted octanol–water partition coefficient (Wildman–Crippen LogP) is 0.354. The Morgan fingerprint density at radius 1 is 1.08 bits per heavy atom. The summed E-state index contributed by atoms with van der Waals surface area (Å²) in [5, 5.41) is 2.83. The van der Waals surface area contributed by atoms with Crippen LogP contribution >= 0.6 is 0 Å². The van der Waals surface area contributed by atoms with E-state index in [4.69, 9.17) is 0 Å². The molecule has 2 aromatic rings. The molecule has 0 saturated carbocycles. The SMILES string of the molecule is O=C(C[NH+]1CCN(S(=O)(=O)c2cccc(F)c2)CC1)Nc1ccccc1. The lowest BCUT2D eigenvalue weighted by molar-refractivity contribution is -0.895. The van der Waals surface area contributed by atoms with Gasteiger partial charge in [0.05, 0.1) is 31.1 Å². The molecule has 3 rings (SSSR count). The average Bonchev–Trinajstić information content (AvgIpc) is 2.63. The largest absolute Gasteiger partial charge is 0.325 e. The summed E-state index contributed by atoms with van der Waals surface area (Å²) in [6.07, 6.45) is 0. The molecular formula is C18H21FN3O3S+. The minimum Gasteiger partial charge on any atom is -0.325 e. The first-order chi connectivity index (χ1) is 12.4. The number of quaternary nitrogens is 1. The van der Waals surface area contributed by atoms with Crippen molar-refractivity contribution in [3.63, 3.8) is 0 Å². The van der Waals surface area contributed by atoms with Crippen molar-refractivity contribution in [3.8, 4) is 0 Å². The summed E-state index contributed by atoms with van der Waals surface area (Å²) in [6, 6.07) is 14.2. The highest BCUT2D eigenvalue weighted by Gasteiger charge is 2.31. The van der Waals surface area contributed by atoms with Crippen LogP contribution in [0.4, 0.5) is 10.1 Å². The minimum atomic E-state index is -3.71. The lowest BCUT2D eigenvalue weighted by Crippen LogP contribution is -3.15. The average molecular weight is 378 g/mol. The van der Waals surface area contributed by atoms with Gasteiger partial charge in [-0.25, -0.2) is 12.8 Å². The van der Waals surface area contributed by atoms with Crippen LogP contribution in [0.3, 0.4) is 0 Å². The maximum atomic E-state index is 13.3. The second-order valence-electron chi connectivity index (χ2n) is 6.20. The van der Waals surface area contributed by atoms with Crippen molar-refractivity contribution in [1.29, 1.82) is 0 Å². The van der Waals surface area contributed by atoms with Gasteiger partial charge in [0.15, 0.2) is 6.54 Å². The van der Waals surface area contributed by atoms with Crippen LogP contribution in [0.15, 0.2) is 59.5 Å². The molecule has 26 heavy (non-hydrogen) atoms. The highest BCUT2D eigenvalue weighted by molar-refractivity contribution is 7.89. The number of benzene rings is 2. The van der Waals surface area contributed by atoms with Crippen molar-refractivity contribution >= 4 is 21.6 Å². The topological polar surface area (TPSA) is 70.9 Å². The van der Waals surface area contributed by atoms with Gasteiger partial charge in [0.1, 0.15) is 5.82 Å². The van der Waals surface area contributed by atoms with E-state index in [2.05, 4.69) is 5.32 Å². The van der Waals surface area contributed by atoms with E-state index in [0.717, 1.165) is 16.7 Å². The smallest absolute Gasteiger partial charge is 0.279 e. The van der Waals surface area contributed by atoms with E-state index in [0.29, 0.717) is 26.2 Å². The second kappa shape index (κ2) is 7.94. The molecule has 1 aliphatic rings. The number of nitrogens with one attached hydrogen (secondary N) is 2. The highest BCUT2D eigenvalue weighted by Crippen LogP contribution is 2.16. The molecule has 1 saturated heterocycles. The van der Waals surface area contributed by atoms with Gasteiger partial charge in [0.2, 0.25) is 10.0 Å². The summed E-state index contributed by atoms with van der Waals surface area (Å²) in [5.74, 6) is -0.680. The first-order valence-corrected chi connectivity index (χ1v) is 9.83. The second-order valence-corrected chi connectivity index (χ2v) is 8.14. The van der Waals surface area contributed by atoms with Crippen LogP contribution in [0.25, 0.3) is 0 Å². The highest BCUT2D eigenvalue weighted by atomic mass is 32.2. The van der Waals surface area contributed by atoms with Gasteiger partial charge in [0, 0.05) is 5.69 Å². The van der Waals surface area contributed by atoms with Gasteiger partial charge in [-0.05, 0) is 30.3 Å². The summed E-state index contributed by atoms with van der Waals surface area (Å²) in [4.78, 5) is 13.1. The van der Waals surface area contributed by atoms with Gasteiger partial charge in [-0.3, -0.25) is 4.79 Å². The molecule has 6 nitrogen and oxygen atoms in total. The lowest BCUT2D eigenvalue weighted by atomic mass is 10.3. The van der Waals surface area contributed by atoms with E-state index in [1.54, 1.807) is 0 Å². The number of halogens is 1. The van der Waals surface area contributed by atoms with Gasteiger partial charge in [-0.1, -0.05) is 24.3 Å². The van der Waals surface area contributed by atoms with Crippen LogP contribution in [0.2, 0.25) is 0 Å². The van der Waals surface area contributed by atoms with Crippen LogP contribution in [0.1, 0.15) is 0 Å². The number of hydrogen-bond acceptors (Lipinski definition) is 3. The third-order valence-electron chi connectivity index (χ3n) is 4.33. The van der Waals surface area contributed by atoms with E-state index in [9.17, 15) is 17.6 Å². The fraction of sp³-hybridized carbons (Fsp3) is 0.278. The summed E-state index contributed by atoms with van der Waals surface area (Å²) in [5.41, 5.74) is 0.740. The van der Waals surface area contributed by atoms with Crippen LogP contribution in [-0.2, 0) is 14.8 Å². The molecule has 2 aromatic carbocycles. The molecule has 8 heteroatoms. The molecule has 1 fully saturated rings. The van der Waals surface area contributed by atoms with Crippen LogP contribution in [0, 0.1) is 5.82 Å². The third kappa shape index (κ3) is 4.46. The number of carbonyl (C=O) groups excluding carboxylic acids is 1. The Labute approximate surface area is 152 Å². The zero-order chi connectivity index (χ0) is 18.6. The number of sulfonamides is 1. The molecule has 2 N–H and O–H groups in total. The quantitative estimate of drug-likeness (QED) is 0.789. The Morgan fingerprint density at radius 2 is 1.77 bits per heavy atom. The standard InChI is InChI=1S/C18H20FN3O3S/c19-15-5-4-8-17(13-15)26(24,25)22-11-9-21(10-12-22)14-18(23)20-16-6-2-1-3-7-16/h1-8,13H,9-12,14H2,(H,20,23)/p+1. The minimum absolute atomic E-state index is 0.0391. The van der Waals surface area contributed by atoms with Crippen molar-refractivity contribution < 1.29 is 22.5 Å². The normalized spacial score (nSPS) is 16.3. The molecule has 138 valence electrons. The Kier molecular flexibility index (Phi) is 5.65. The van der Waals surface area contributed by atoms with Crippen LogP contribution < -0.4 is 10.2 Å². The summed E-state index contributed by atoms with van der Waals surface area (Å²) in [6.45, 7) is 1.93. The van der Waals surface area contributed by atoms with E-state index in [-0.39, 0.29) is 17.3 Å². The molecule has 1 heterocycles. The predicted molar refractivity (Wildman–Crippen MR) is 95.8 cm³/mol. The first kappa shape index (κ1) is 18.5. The zero-order valence-electron chi connectivity index (χ0n) is 14.2. The van der Waals surface area contributed by atoms with Crippen molar-refractivity contribution in [2.24, 2.45) is 0 Å². The summed E-state index contributed by atoms with van der Waals surface area (Å²) >= 11 is 0. The Bertz CT molecular complexity index is 866. The molecular weight excluding hydrogens is 357 g/mol. The number of anilines is 1. The molecule has 0 radical (unpaired) electrons.